The number of carbonyl (C=O) groups is 3. The van der Waals surface area contributed by atoms with Crippen LogP contribution in [0.15, 0.2) is 43.1 Å². The van der Waals surface area contributed by atoms with Crippen molar-refractivity contribution in [2.24, 2.45) is 0 Å². The Morgan fingerprint density at radius 1 is 1.10 bits per heavy atom. The number of benzene rings is 1. The number of rotatable bonds is 6. The molecule has 41 heavy (non-hydrogen) atoms. The lowest BCUT2D eigenvalue weighted by atomic mass is 10.1. The number of nitrogens with zero attached hydrogens (tertiary/aromatic N) is 6. The van der Waals surface area contributed by atoms with Crippen LogP contribution in [0.2, 0.25) is 0 Å². The fourth-order valence-corrected chi connectivity index (χ4v) is 6.41. The smallest absolute Gasteiger partial charge is 0.258 e. The molecule has 1 N–H and O–H groups in total. The summed E-state index contributed by atoms with van der Waals surface area (Å²) in [7, 11) is 0. The lowest BCUT2D eigenvalue weighted by Crippen LogP contribution is -2.48. The standard InChI is InChI=1S/C30H36IN7O3/c1-4-27(40)37-10-6-5-7-24(19-37)38-28-23(18-31)16-25(36-13-11-35(12-14-36)21(3)39)17-26(28)33-30(38)34-29(41)22-8-9-32-20(2)15-22/h4,8-9,15-17,24H,1,5-7,10-14,18-19H2,2-3H3,(H,33,34,41). The Morgan fingerprint density at radius 3 is 2.56 bits per heavy atom. The average molecular weight is 670 g/mol. The molecule has 2 fully saturated rings. The predicted molar refractivity (Wildman–Crippen MR) is 169 cm³/mol. The number of aryl methyl sites for hydroxylation is 1. The number of imidazole rings is 1. The molecule has 4 heterocycles. The van der Waals surface area contributed by atoms with Gasteiger partial charge in [-0.1, -0.05) is 29.2 Å². The zero-order chi connectivity index (χ0) is 29.1. The van der Waals surface area contributed by atoms with Gasteiger partial charge in [0.05, 0.1) is 17.1 Å². The third-order valence-corrected chi connectivity index (χ3v) is 8.79. The van der Waals surface area contributed by atoms with Crippen molar-refractivity contribution in [2.75, 3.05) is 49.5 Å². The van der Waals surface area contributed by atoms with Gasteiger partial charge in [-0.3, -0.25) is 24.7 Å². The summed E-state index contributed by atoms with van der Waals surface area (Å²) in [6.07, 6.45) is 5.73. The van der Waals surface area contributed by atoms with Crippen molar-refractivity contribution in [3.05, 3.63) is 59.9 Å². The number of anilines is 2. The summed E-state index contributed by atoms with van der Waals surface area (Å²) in [5, 5.41) is 3.09. The number of alkyl halides is 1. The molecular formula is C30H36IN7O3. The minimum atomic E-state index is -0.253. The number of aromatic nitrogens is 3. The van der Waals surface area contributed by atoms with Crippen LogP contribution in [0, 0.1) is 6.92 Å². The molecule has 0 bridgehead atoms. The normalized spacial score (nSPS) is 17.8. The van der Waals surface area contributed by atoms with E-state index in [1.807, 2.05) is 16.7 Å². The van der Waals surface area contributed by atoms with Gasteiger partial charge in [0.15, 0.2) is 0 Å². The van der Waals surface area contributed by atoms with E-state index in [9.17, 15) is 14.4 Å². The number of likely N-dealkylation sites (tertiary alicyclic amines) is 1. The van der Waals surface area contributed by atoms with Crippen LogP contribution in [0.5, 0.6) is 0 Å². The van der Waals surface area contributed by atoms with Crippen LogP contribution >= 0.6 is 22.6 Å². The Hall–Kier alpha value is -3.48. The average Bonchev–Trinajstić information content (AvgIpc) is 3.16. The molecule has 0 radical (unpaired) electrons. The Kier molecular flexibility index (Phi) is 8.91. The maximum Gasteiger partial charge on any atom is 0.258 e. The molecule has 2 aromatic heterocycles. The number of hydrogen-bond acceptors (Lipinski definition) is 6. The van der Waals surface area contributed by atoms with Crippen molar-refractivity contribution in [3.8, 4) is 0 Å². The predicted octanol–water partition coefficient (Wildman–Crippen LogP) is 4.34. The quantitative estimate of drug-likeness (QED) is 0.238. The van der Waals surface area contributed by atoms with E-state index < -0.39 is 0 Å². The van der Waals surface area contributed by atoms with Gasteiger partial charge in [-0.15, -0.1) is 0 Å². The molecule has 1 atom stereocenters. The number of carbonyl (C=O) groups excluding carboxylic acids is 3. The van der Waals surface area contributed by atoms with E-state index in [2.05, 4.69) is 61.1 Å². The molecular weight excluding hydrogens is 633 g/mol. The van der Waals surface area contributed by atoms with Crippen molar-refractivity contribution < 1.29 is 14.4 Å². The zero-order valence-corrected chi connectivity index (χ0v) is 25.8. The second-order valence-corrected chi connectivity index (χ2v) is 11.4. The summed E-state index contributed by atoms with van der Waals surface area (Å²) in [5.74, 6) is 0.238. The van der Waals surface area contributed by atoms with Gasteiger partial charge < -0.3 is 19.3 Å². The van der Waals surface area contributed by atoms with Gasteiger partial charge in [0, 0.05) is 73.8 Å². The van der Waals surface area contributed by atoms with Gasteiger partial charge >= 0.3 is 0 Å². The molecule has 2 aliphatic rings. The van der Waals surface area contributed by atoms with Crippen molar-refractivity contribution >= 4 is 63.0 Å². The Morgan fingerprint density at radius 2 is 1.88 bits per heavy atom. The molecule has 2 aliphatic heterocycles. The first-order chi connectivity index (χ1) is 19.8. The van der Waals surface area contributed by atoms with E-state index in [0.29, 0.717) is 37.7 Å². The van der Waals surface area contributed by atoms with Gasteiger partial charge in [-0.25, -0.2) is 4.98 Å². The molecule has 0 spiro atoms. The molecule has 10 nitrogen and oxygen atoms in total. The van der Waals surface area contributed by atoms with Gasteiger partial charge in [-0.05, 0) is 62.1 Å². The summed E-state index contributed by atoms with van der Waals surface area (Å²) in [6.45, 7) is 11.2. The third kappa shape index (κ3) is 6.24. The highest BCUT2D eigenvalue weighted by molar-refractivity contribution is 14.1. The molecule has 3 aromatic rings. The first-order valence-electron chi connectivity index (χ1n) is 14.1. The van der Waals surface area contributed by atoms with Crippen LogP contribution in [-0.4, -0.2) is 81.3 Å². The van der Waals surface area contributed by atoms with Gasteiger partial charge in [0.1, 0.15) is 0 Å². The number of nitrogens with one attached hydrogen (secondary N) is 1. The zero-order valence-electron chi connectivity index (χ0n) is 23.6. The summed E-state index contributed by atoms with van der Waals surface area (Å²) in [5.41, 5.74) is 5.23. The molecule has 1 aromatic carbocycles. The number of amides is 3. The van der Waals surface area contributed by atoms with E-state index >= 15 is 0 Å². The van der Waals surface area contributed by atoms with E-state index in [4.69, 9.17) is 4.98 Å². The number of hydrogen-bond donors (Lipinski definition) is 1. The number of pyridine rings is 1. The second kappa shape index (κ2) is 12.6. The van der Waals surface area contributed by atoms with Crippen LogP contribution in [-0.2, 0) is 14.0 Å². The van der Waals surface area contributed by atoms with E-state index in [-0.39, 0.29) is 23.8 Å². The third-order valence-electron chi connectivity index (χ3n) is 7.97. The fraction of sp³-hybridized carbons (Fsp3) is 0.433. The molecule has 2 saturated heterocycles. The van der Waals surface area contributed by atoms with Crippen molar-refractivity contribution in [3.63, 3.8) is 0 Å². The number of piperazine rings is 1. The molecule has 1 unspecified atom stereocenters. The van der Waals surface area contributed by atoms with Gasteiger partial charge in [0.25, 0.3) is 5.91 Å². The molecule has 0 aliphatic carbocycles. The summed E-state index contributed by atoms with van der Waals surface area (Å²) in [6, 6.07) is 7.68. The summed E-state index contributed by atoms with van der Waals surface area (Å²) in [4.78, 5) is 53.2. The maximum absolute atomic E-state index is 13.4. The summed E-state index contributed by atoms with van der Waals surface area (Å²) < 4.78 is 2.89. The first kappa shape index (κ1) is 29.0. The Balaban J connectivity index is 1.58. The topological polar surface area (TPSA) is 104 Å². The monoisotopic (exact) mass is 669 g/mol. The SMILES string of the molecule is C=CC(=O)N1CCCCC(n2c(NC(=O)c3ccnc(C)c3)nc3cc(N4CCN(C(C)=O)CC4)cc(CI)c32)C1. The van der Waals surface area contributed by atoms with Crippen LogP contribution in [0.1, 0.15) is 53.8 Å². The van der Waals surface area contributed by atoms with E-state index in [1.54, 1.807) is 25.3 Å². The van der Waals surface area contributed by atoms with Crippen molar-refractivity contribution in [1.82, 2.24) is 24.3 Å². The minimum absolute atomic E-state index is 0.0625. The number of halogens is 1. The molecule has 11 heteroatoms. The number of fused-ring (bicyclic) bond motifs is 1. The maximum atomic E-state index is 13.4. The Labute approximate surface area is 253 Å². The van der Waals surface area contributed by atoms with Crippen LogP contribution in [0.25, 0.3) is 11.0 Å². The molecule has 3 amide bonds. The highest BCUT2D eigenvalue weighted by atomic mass is 127. The minimum Gasteiger partial charge on any atom is -0.368 e. The molecule has 0 saturated carbocycles. The lowest BCUT2D eigenvalue weighted by Gasteiger charge is -2.36. The van der Waals surface area contributed by atoms with Crippen molar-refractivity contribution in [1.29, 1.82) is 0 Å². The van der Waals surface area contributed by atoms with Gasteiger partial charge in [-0.2, -0.15) is 0 Å². The van der Waals surface area contributed by atoms with Crippen LogP contribution in [0.3, 0.4) is 0 Å². The summed E-state index contributed by atoms with van der Waals surface area (Å²) >= 11 is 2.38. The first-order valence-corrected chi connectivity index (χ1v) is 15.6. The highest BCUT2D eigenvalue weighted by Crippen LogP contribution is 2.36. The second-order valence-electron chi connectivity index (χ2n) is 10.7. The van der Waals surface area contributed by atoms with E-state index in [0.717, 1.165) is 64.8 Å². The van der Waals surface area contributed by atoms with Crippen LogP contribution in [0.4, 0.5) is 11.6 Å². The van der Waals surface area contributed by atoms with Crippen LogP contribution < -0.4 is 10.2 Å². The highest BCUT2D eigenvalue weighted by Gasteiger charge is 2.29. The molecule has 5 rings (SSSR count). The largest absolute Gasteiger partial charge is 0.368 e. The van der Waals surface area contributed by atoms with Gasteiger partial charge in [0.2, 0.25) is 17.8 Å². The lowest BCUT2D eigenvalue weighted by molar-refractivity contribution is -0.129. The Bertz CT molecular complexity index is 1480. The van der Waals surface area contributed by atoms with E-state index in [1.165, 1.54) is 6.08 Å². The fourth-order valence-electron chi connectivity index (χ4n) is 5.83. The van der Waals surface area contributed by atoms with Crippen molar-refractivity contribution in [2.45, 2.75) is 43.6 Å². The molecule has 216 valence electrons.